The van der Waals surface area contributed by atoms with E-state index >= 15 is 0 Å². The van der Waals surface area contributed by atoms with Crippen molar-refractivity contribution in [3.05, 3.63) is 62.0 Å². The zero-order valence-corrected chi connectivity index (χ0v) is 16.5. The quantitative estimate of drug-likeness (QED) is 0.225. The molecule has 0 atom stereocenters. The maximum absolute atomic E-state index is 12.8. The minimum Gasteiger partial charge on any atom is -0.323 e. The Bertz CT molecular complexity index is 1300. The van der Waals surface area contributed by atoms with Gasteiger partial charge in [-0.25, -0.2) is 4.98 Å². The van der Waals surface area contributed by atoms with Gasteiger partial charge < -0.3 is 21.1 Å². The van der Waals surface area contributed by atoms with Crippen LogP contribution in [0.15, 0.2) is 40.2 Å². The predicted octanol–water partition coefficient (Wildman–Crippen LogP) is 4.45. The lowest BCUT2D eigenvalue weighted by molar-refractivity contribution is 1.17. The average Bonchev–Trinajstić information content (AvgIpc) is 3.09. The minimum absolute atomic E-state index is 0.254. The number of halogens is 2. The number of imidazole rings is 1. The number of aromatic nitrogens is 3. The van der Waals surface area contributed by atoms with Gasteiger partial charge in [0.1, 0.15) is 0 Å². The van der Waals surface area contributed by atoms with Crippen LogP contribution in [-0.2, 0) is 0 Å². The molecule has 0 fully saturated rings. The molecular formula is C19H16Cl2N6O. The lowest BCUT2D eigenvalue weighted by Crippen LogP contribution is -2.16. The highest BCUT2D eigenvalue weighted by Crippen LogP contribution is 2.33. The first-order chi connectivity index (χ1) is 13.4. The number of pyridine rings is 1. The van der Waals surface area contributed by atoms with E-state index in [0.717, 1.165) is 10.9 Å². The third-order valence-electron chi connectivity index (χ3n) is 4.67. The predicted molar refractivity (Wildman–Crippen MR) is 115 cm³/mol. The maximum atomic E-state index is 12.8. The van der Waals surface area contributed by atoms with Crippen LogP contribution in [0.3, 0.4) is 0 Å². The van der Waals surface area contributed by atoms with E-state index < -0.39 is 0 Å². The molecule has 0 aliphatic heterocycles. The first-order valence-corrected chi connectivity index (χ1v) is 9.17. The number of H-pyrrole nitrogens is 2. The number of aryl methyl sites for hydroxylation is 1. The van der Waals surface area contributed by atoms with Gasteiger partial charge in [0.15, 0.2) is 0 Å². The summed E-state index contributed by atoms with van der Waals surface area (Å²) in [6, 6.07) is 8.92. The molecule has 0 spiro atoms. The normalized spacial score (nSPS) is 12.1. The fourth-order valence-electron chi connectivity index (χ4n) is 3.25. The zero-order chi connectivity index (χ0) is 20.0. The van der Waals surface area contributed by atoms with Crippen LogP contribution in [0.5, 0.6) is 0 Å². The molecule has 142 valence electrons. The summed E-state index contributed by atoms with van der Waals surface area (Å²) in [4.78, 5) is 23.3. The second kappa shape index (κ2) is 6.85. The van der Waals surface area contributed by atoms with Crippen LogP contribution >= 0.6 is 23.2 Å². The summed E-state index contributed by atoms with van der Waals surface area (Å²) < 4.78 is 0. The number of para-hydroxylation sites is 1. The number of fused-ring (bicyclic) bond motifs is 3. The third kappa shape index (κ3) is 2.89. The number of aromatic amines is 2. The van der Waals surface area contributed by atoms with Gasteiger partial charge in [-0.2, -0.15) is 5.10 Å². The Hall–Kier alpha value is -3.03. The van der Waals surface area contributed by atoms with Crippen molar-refractivity contribution in [3.63, 3.8) is 0 Å². The fourth-order valence-corrected chi connectivity index (χ4v) is 3.74. The standard InChI is InChI=1S/C19H16Cl2N6O/c1-8-10-6-7-13-17(14(10)18(28)24-15(8)9(2)27-22)26-19(23-13)25-16-11(20)4-3-5-12(16)21/h3-7H,22H2,1-2H3,(H,24,28)(H2,23,25,26). The molecule has 2 heterocycles. The highest BCUT2D eigenvalue weighted by molar-refractivity contribution is 6.39. The molecular weight excluding hydrogens is 399 g/mol. The van der Waals surface area contributed by atoms with E-state index in [9.17, 15) is 4.79 Å². The first-order valence-electron chi connectivity index (χ1n) is 8.42. The number of benzene rings is 2. The lowest BCUT2D eigenvalue weighted by Gasteiger charge is -2.09. The fraction of sp³-hybridized carbons (Fsp3) is 0.105. The largest absolute Gasteiger partial charge is 0.323 e. The van der Waals surface area contributed by atoms with Crippen molar-refractivity contribution in [2.45, 2.75) is 13.8 Å². The zero-order valence-electron chi connectivity index (χ0n) is 15.0. The van der Waals surface area contributed by atoms with Crippen LogP contribution in [-0.4, -0.2) is 20.7 Å². The molecule has 0 aliphatic carbocycles. The molecule has 5 N–H and O–H groups in total. The van der Waals surface area contributed by atoms with Gasteiger partial charge in [-0.05, 0) is 43.0 Å². The summed E-state index contributed by atoms with van der Waals surface area (Å²) in [5, 5.41) is 9.01. The molecule has 0 saturated carbocycles. The summed E-state index contributed by atoms with van der Waals surface area (Å²) in [6.07, 6.45) is 0. The molecule has 0 amide bonds. The number of nitrogens with one attached hydrogen (secondary N) is 3. The van der Waals surface area contributed by atoms with Gasteiger partial charge in [-0.15, -0.1) is 0 Å². The summed E-state index contributed by atoms with van der Waals surface area (Å²) in [5.41, 5.74) is 3.58. The molecule has 2 aromatic heterocycles. The van der Waals surface area contributed by atoms with Crippen molar-refractivity contribution >= 4 is 62.4 Å². The van der Waals surface area contributed by atoms with E-state index in [4.69, 9.17) is 29.0 Å². The Labute approximate surface area is 169 Å². The average molecular weight is 415 g/mol. The number of hydrogen-bond acceptors (Lipinski definition) is 5. The smallest absolute Gasteiger partial charge is 0.258 e. The number of hydrogen-bond donors (Lipinski definition) is 4. The third-order valence-corrected chi connectivity index (χ3v) is 5.30. The van der Waals surface area contributed by atoms with Crippen molar-refractivity contribution in [2.75, 3.05) is 5.32 Å². The second-order valence-electron chi connectivity index (χ2n) is 6.36. The van der Waals surface area contributed by atoms with Crippen LogP contribution in [0, 0.1) is 6.92 Å². The monoisotopic (exact) mass is 414 g/mol. The van der Waals surface area contributed by atoms with Crippen molar-refractivity contribution in [2.24, 2.45) is 10.9 Å². The number of nitrogens with zero attached hydrogens (tertiary/aromatic N) is 2. The summed E-state index contributed by atoms with van der Waals surface area (Å²) in [7, 11) is 0. The van der Waals surface area contributed by atoms with Crippen molar-refractivity contribution in [1.29, 1.82) is 0 Å². The highest BCUT2D eigenvalue weighted by atomic mass is 35.5. The van der Waals surface area contributed by atoms with Crippen molar-refractivity contribution < 1.29 is 0 Å². The minimum atomic E-state index is -0.254. The van der Waals surface area contributed by atoms with Crippen LogP contribution in [0.25, 0.3) is 21.8 Å². The number of rotatable bonds is 3. The van der Waals surface area contributed by atoms with Gasteiger partial charge in [-0.1, -0.05) is 35.3 Å². The van der Waals surface area contributed by atoms with Gasteiger partial charge >= 0.3 is 0 Å². The summed E-state index contributed by atoms with van der Waals surface area (Å²) in [5.74, 6) is 5.81. The van der Waals surface area contributed by atoms with E-state index in [1.807, 2.05) is 19.1 Å². The van der Waals surface area contributed by atoms with Crippen LogP contribution in [0.4, 0.5) is 11.6 Å². The number of nitrogens with two attached hydrogens (primary N) is 1. The Morgan fingerprint density at radius 1 is 1.18 bits per heavy atom. The van der Waals surface area contributed by atoms with Gasteiger partial charge in [-0.3, -0.25) is 4.79 Å². The van der Waals surface area contributed by atoms with Crippen molar-refractivity contribution in [1.82, 2.24) is 15.0 Å². The Morgan fingerprint density at radius 3 is 2.57 bits per heavy atom. The van der Waals surface area contributed by atoms with Crippen LogP contribution in [0.2, 0.25) is 10.0 Å². The molecule has 28 heavy (non-hydrogen) atoms. The topological polar surface area (TPSA) is 112 Å². The first kappa shape index (κ1) is 18.3. The number of anilines is 2. The van der Waals surface area contributed by atoms with Gasteiger partial charge in [0.25, 0.3) is 5.56 Å². The van der Waals surface area contributed by atoms with E-state index in [0.29, 0.717) is 49.5 Å². The molecule has 0 aliphatic rings. The Balaban J connectivity index is 1.92. The molecule has 0 unspecified atom stereocenters. The van der Waals surface area contributed by atoms with E-state index in [-0.39, 0.29) is 5.56 Å². The number of hydrazone groups is 1. The molecule has 9 heteroatoms. The van der Waals surface area contributed by atoms with Crippen LogP contribution in [0.1, 0.15) is 18.2 Å². The SMILES string of the molecule is CC(=NN)c1[nH]c(=O)c2c(ccc3nc(Nc4c(Cl)cccc4Cl)[nH]c32)c1C. The van der Waals surface area contributed by atoms with Gasteiger partial charge in [0, 0.05) is 0 Å². The second-order valence-corrected chi connectivity index (χ2v) is 7.17. The van der Waals surface area contributed by atoms with Gasteiger partial charge in [0.05, 0.1) is 43.6 Å². The Kier molecular flexibility index (Phi) is 4.49. The van der Waals surface area contributed by atoms with Crippen LogP contribution < -0.4 is 16.7 Å². The molecule has 7 nitrogen and oxygen atoms in total. The molecule has 2 aromatic carbocycles. The molecule has 0 bridgehead atoms. The van der Waals surface area contributed by atoms with E-state index in [1.165, 1.54) is 0 Å². The Morgan fingerprint density at radius 2 is 1.89 bits per heavy atom. The van der Waals surface area contributed by atoms with E-state index in [1.54, 1.807) is 25.1 Å². The maximum Gasteiger partial charge on any atom is 0.258 e. The highest BCUT2D eigenvalue weighted by Gasteiger charge is 2.16. The summed E-state index contributed by atoms with van der Waals surface area (Å²) in [6.45, 7) is 3.65. The molecule has 0 saturated heterocycles. The summed E-state index contributed by atoms with van der Waals surface area (Å²) >= 11 is 12.4. The van der Waals surface area contributed by atoms with Crippen molar-refractivity contribution in [3.8, 4) is 0 Å². The van der Waals surface area contributed by atoms with E-state index in [2.05, 4.69) is 25.4 Å². The molecule has 4 aromatic rings. The molecule has 4 rings (SSSR count). The van der Waals surface area contributed by atoms with Gasteiger partial charge in [0.2, 0.25) is 5.95 Å². The molecule has 0 radical (unpaired) electrons. The lowest BCUT2D eigenvalue weighted by atomic mass is 10.0.